The summed E-state index contributed by atoms with van der Waals surface area (Å²) in [6.07, 6.45) is 13.6. The highest BCUT2D eigenvalue weighted by molar-refractivity contribution is 5.76. The first-order chi connectivity index (χ1) is 22.1. The maximum atomic E-state index is 14.4. The van der Waals surface area contributed by atoms with Crippen molar-refractivity contribution in [2.75, 3.05) is 32.8 Å². The molecule has 1 N–H and O–H groups in total. The van der Waals surface area contributed by atoms with Gasteiger partial charge in [-0.3, -0.25) is 9.13 Å². The Kier molecular flexibility index (Phi) is 10.9. The van der Waals surface area contributed by atoms with Gasteiger partial charge in [0, 0.05) is 45.4 Å². The molecule has 1 aliphatic carbocycles. The van der Waals surface area contributed by atoms with Gasteiger partial charge in [-0.2, -0.15) is 0 Å². The van der Waals surface area contributed by atoms with E-state index in [2.05, 4.69) is 15.5 Å². The number of amides is 1. The highest BCUT2D eigenvalue weighted by Crippen LogP contribution is 2.35. The number of aliphatic hydroxyl groups excluding tert-OH is 1. The third-order valence-corrected chi connectivity index (χ3v) is 10.7. The molecule has 45 heavy (non-hydrogen) atoms. The lowest BCUT2D eigenvalue weighted by atomic mass is 9.86. The van der Waals surface area contributed by atoms with E-state index in [0.717, 1.165) is 74.3 Å². The SMILES string of the molecule is O=C(OCc1ccccc1)N1CCC[C@H]1Cn1c(=O)n([C@@H]2CCN(CC3CCCCCCC3)C[C@H]2CCCO)c2ccccc21. The Morgan fingerprint density at radius 1 is 0.822 bits per heavy atom. The molecule has 3 fully saturated rings. The molecule has 6 rings (SSSR count). The van der Waals surface area contributed by atoms with Crippen LogP contribution < -0.4 is 5.69 Å². The minimum absolute atomic E-state index is 0.0215. The summed E-state index contributed by atoms with van der Waals surface area (Å²) < 4.78 is 9.67. The van der Waals surface area contributed by atoms with Crippen molar-refractivity contribution < 1.29 is 14.6 Å². The number of rotatable bonds is 10. The molecule has 3 aliphatic rings. The maximum Gasteiger partial charge on any atom is 0.410 e. The van der Waals surface area contributed by atoms with Gasteiger partial charge in [-0.1, -0.05) is 74.6 Å². The van der Waals surface area contributed by atoms with Crippen molar-refractivity contribution in [1.82, 2.24) is 18.9 Å². The van der Waals surface area contributed by atoms with Crippen LogP contribution in [0.1, 0.15) is 88.7 Å². The van der Waals surface area contributed by atoms with Crippen molar-refractivity contribution in [3.05, 3.63) is 70.6 Å². The van der Waals surface area contributed by atoms with Gasteiger partial charge in [-0.15, -0.1) is 0 Å². The number of nitrogens with zero attached hydrogens (tertiary/aromatic N) is 4. The van der Waals surface area contributed by atoms with Gasteiger partial charge in [0.1, 0.15) is 6.61 Å². The zero-order valence-electron chi connectivity index (χ0n) is 26.9. The lowest BCUT2D eigenvalue weighted by molar-refractivity contribution is 0.0880. The summed E-state index contributed by atoms with van der Waals surface area (Å²) in [6.45, 7) is 4.69. The van der Waals surface area contributed by atoms with Crippen LogP contribution in [0.25, 0.3) is 11.0 Å². The lowest BCUT2D eigenvalue weighted by Crippen LogP contribution is -2.46. The van der Waals surface area contributed by atoms with Crippen molar-refractivity contribution in [1.29, 1.82) is 0 Å². The maximum absolute atomic E-state index is 14.4. The zero-order valence-corrected chi connectivity index (χ0v) is 26.9. The summed E-state index contributed by atoms with van der Waals surface area (Å²) in [6, 6.07) is 17.9. The van der Waals surface area contributed by atoms with Crippen LogP contribution in [-0.2, 0) is 17.9 Å². The Hall–Kier alpha value is -3.10. The molecule has 2 aromatic carbocycles. The summed E-state index contributed by atoms with van der Waals surface area (Å²) in [5, 5.41) is 9.77. The molecule has 3 aromatic rings. The minimum Gasteiger partial charge on any atom is -0.445 e. The number of aliphatic hydroxyl groups is 1. The Morgan fingerprint density at radius 3 is 2.33 bits per heavy atom. The first-order valence-corrected chi connectivity index (χ1v) is 17.6. The number of benzene rings is 2. The summed E-state index contributed by atoms with van der Waals surface area (Å²) >= 11 is 0. The number of carbonyl (C=O) groups is 1. The van der Waals surface area contributed by atoms with Crippen molar-refractivity contribution in [2.24, 2.45) is 11.8 Å². The molecule has 8 heteroatoms. The molecule has 2 saturated heterocycles. The first-order valence-electron chi connectivity index (χ1n) is 17.6. The third kappa shape index (κ3) is 7.66. The first kappa shape index (κ1) is 31.9. The highest BCUT2D eigenvalue weighted by atomic mass is 16.6. The molecule has 244 valence electrons. The van der Waals surface area contributed by atoms with E-state index in [4.69, 9.17) is 4.74 Å². The Balaban J connectivity index is 1.20. The molecule has 3 heterocycles. The molecular formula is C37H52N4O4. The number of piperidine rings is 1. The predicted octanol–water partition coefficient (Wildman–Crippen LogP) is 6.60. The Morgan fingerprint density at radius 2 is 1.56 bits per heavy atom. The quantitative estimate of drug-likeness (QED) is 0.278. The van der Waals surface area contributed by atoms with E-state index in [9.17, 15) is 14.7 Å². The molecule has 0 unspecified atom stereocenters. The Bertz CT molecular complexity index is 1430. The average molecular weight is 617 g/mol. The number of likely N-dealkylation sites (tertiary alicyclic amines) is 2. The second kappa shape index (κ2) is 15.5. The number of hydrogen-bond donors (Lipinski definition) is 1. The average Bonchev–Trinajstić information content (AvgIpc) is 3.63. The molecular weight excluding hydrogens is 564 g/mol. The smallest absolute Gasteiger partial charge is 0.410 e. The van der Waals surface area contributed by atoms with Crippen LogP contribution in [0.15, 0.2) is 59.4 Å². The second-order valence-electron chi connectivity index (χ2n) is 13.7. The van der Waals surface area contributed by atoms with Crippen LogP contribution in [0.2, 0.25) is 0 Å². The van der Waals surface area contributed by atoms with Gasteiger partial charge in [0.2, 0.25) is 0 Å². The van der Waals surface area contributed by atoms with E-state index >= 15 is 0 Å². The van der Waals surface area contributed by atoms with Crippen LogP contribution in [0.5, 0.6) is 0 Å². The number of imidazole rings is 1. The van der Waals surface area contributed by atoms with Gasteiger partial charge >= 0.3 is 11.8 Å². The van der Waals surface area contributed by atoms with Crippen LogP contribution in [0.3, 0.4) is 0 Å². The number of carbonyl (C=O) groups excluding carboxylic acids is 1. The van der Waals surface area contributed by atoms with E-state index in [1.165, 1.54) is 44.9 Å². The van der Waals surface area contributed by atoms with Gasteiger partial charge in [0.15, 0.2) is 0 Å². The molecule has 2 aliphatic heterocycles. The second-order valence-corrected chi connectivity index (χ2v) is 13.7. The summed E-state index contributed by atoms with van der Waals surface area (Å²) in [5.74, 6) is 1.09. The van der Waals surface area contributed by atoms with Gasteiger partial charge in [0.25, 0.3) is 0 Å². The molecule has 0 bridgehead atoms. The highest BCUT2D eigenvalue weighted by Gasteiger charge is 2.35. The third-order valence-electron chi connectivity index (χ3n) is 10.7. The number of para-hydroxylation sites is 2. The fraction of sp³-hybridized carbons (Fsp3) is 0.622. The van der Waals surface area contributed by atoms with Crippen molar-refractivity contribution in [3.8, 4) is 0 Å². The van der Waals surface area contributed by atoms with E-state index in [1.54, 1.807) is 0 Å². The van der Waals surface area contributed by atoms with E-state index in [1.807, 2.05) is 58.0 Å². The number of ether oxygens (including phenoxy) is 1. The molecule has 1 aromatic heterocycles. The monoisotopic (exact) mass is 616 g/mol. The number of fused-ring (bicyclic) bond motifs is 1. The molecule has 8 nitrogen and oxygen atoms in total. The molecule has 0 radical (unpaired) electrons. The molecule has 1 amide bonds. The van der Waals surface area contributed by atoms with Crippen molar-refractivity contribution in [3.63, 3.8) is 0 Å². The minimum atomic E-state index is -0.307. The largest absolute Gasteiger partial charge is 0.445 e. The lowest BCUT2D eigenvalue weighted by Gasteiger charge is -2.40. The zero-order chi connectivity index (χ0) is 31.0. The van der Waals surface area contributed by atoms with Crippen LogP contribution in [0.4, 0.5) is 4.79 Å². The fourth-order valence-electron chi connectivity index (χ4n) is 8.33. The summed E-state index contributed by atoms with van der Waals surface area (Å²) in [4.78, 5) is 32.0. The van der Waals surface area contributed by atoms with Gasteiger partial charge in [-0.05, 0) is 74.5 Å². The van der Waals surface area contributed by atoms with Gasteiger partial charge in [0.05, 0.1) is 17.1 Å². The predicted molar refractivity (Wildman–Crippen MR) is 178 cm³/mol. The van der Waals surface area contributed by atoms with Crippen molar-refractivity contribution >= 4 is 17.1 Å². The molecule has 0 spiro atoms. The fourth-order valence-corrected chi connectivity index (χ4v) is 8.33. The normalized spacial score (nSPS) is 23.7. The van der Waals surface area contributed by atoms with E-state index < -0.39 is 0 Å². The summed E-state index contributed by atoms with van der Waals surface area (Å²) in [7, 11) is 0. The van der Waals surface area contributed by atoms with E-state index in [-0.39, 0.29) is 37.1 Å². The number of aromatic nitrogens is 2. The topological polar surface area (TPSA) is 79.9 Å². The molecule has 1 saturated carbocycles. The van der Waals surface area contributed by atoms with Crippen LogP contribution >= 0.6 is 0 Å². The molecule has 3 atom stereocenters. The van der Waals surface area contributed by atoms with Gasteiger partial charge < -0.3 is 19.6 Å². The van der Waals surface area contributed by atoms with Crippen molar-refractivity contribution in [2.45, 2.75) is 102 Å². The van der Waals surface area contributed by atoms with Crippen LogP contribution in [-0.4, -0.2) is 69.0 Å². The van der Waals surface area contributed by atoms with Gasteiger partial charge in [-0.25, -0.2) is 9.59 Å². The van der Waals surface area contributed by atoms with Crippen LogP contribution in [0, 0.1) is 11.8 Å². The summed E-state index contributed by atoms with van der Waals surface area (Å²) in [5.41, 5.74) is 2.90. The number of hydrogen-bond acceptors (Lipinski definition) is 5. The van der Waals surface area contributed by atoms with E-state index in [0.29, 0.717) is 19.0 Å². The Labute approximate surface area is 268 Å². The standard InChI is InChI=1S/C37H52N4O4/c42-24-12-17-31-26-38(25-29-13-5-2-1-3-6-14-29)23-21-33(31)41-35-20-10-9-19-34(35)40(36(41)43)27-32-18-11-22-39(32)37(44)45-28-30-15-7-4-8-16-30/h4,7-10,15-16,19-20,29,31-33,42H,1-3,5-6,11-14,17-18,21-28H2/t31-,32+,33-/m1/s1.